The smallest absolute Gasteiger partial charge is 0.246 e. The summed E-state index contributed by atoms with van der Waals surface area (Å²) in [4.78, 5) is 16.6. The van der Waals surface area contributed by atoms with Crippen LogP contribution in [0, 0.1) is 0 Å². The number of nitrogens with zero attached hydrogens (tertiary/aromatic N) is 2. The van der Waals surface area contributed by atoms with E-state index < -0.39 is 0 Å². The molecule has 0 aliphatic carbocycles. The number of nitrogens with one attached hydrogen (secondary N) is 1. The first-order chi connectivity index (χ1) is 12.5. The number of para-hydroxylation sites is 2. The van der Waals surface area contributed by atoms with E-state index in [9.17, 15) is 4.79 Å². The molecule has 0 saturated heterocycles. The maximum atomic E-state index is 11.9. The van der Waals surface area contributed by atoms with E-state index in [-0.39, 0.29) is 18.6 Å². The quantitative estimate of drug-likeness (QED) is 0.684. The number of benzene rings is 2. The molecule has 136 valence electrons. The van der Waals surface area contributed by atoms with Crippen molar-refractivity contribution in [1.82, 2.24) is 14.9 Å². The average Bonchev–Trinajstić information content (AvgIpc) is 2.97. The third-order valence-corrected chi connectivity index (χ3v) is 4.81. The largest absolute Gasteiger partial charge is 0.375 e. The zero-order chi connectivity index (χ0) is 18.7. The monoisotopic (exact) mass is 391 g/mol. The van der Waals surface area contributed by atoms with Crippen molar-refractivity contribution in [3.63, 3.8) is 0 Å². The Morgan fingerprint density at radius 3 is 2.58 bits per heavy atom. The van der Waals surface area contributed by atoms with Gasteiger partial charge in [-0.2, -0.15) is 0 Å². The Morgan fingerprint density at radius 2 is 1.88 bits per heavy atom. The van der Waals surface area contributed by atoms with Crippen LogP contribution in [-0.2, 0) is 16.1 Å². The Hall–Kier alpha value is -2.08. The number of carbonyl (C=O) groups excluding carboxylic acids is 1. The minimum absolute atomic E-state index is 0.000903. The van der Waals surface area contributed by atoms with Gasteiger partial charge in [0.1, 0.15) is 12.4 Å². The van der Waals surface area contributed by atoms with Crippen molar-refractivity contribution >= 4 is 40.1 Å². The van der Waals surface area contributed by atoms with E-state index >= 15 is 0 Å². The summed E-state index contributed by atoms with van der Waals surface area (Å²) in [5.74, 6) is 0.529. The number of ether oxygens (including phenoxy) is 1. The molecule has 1 atom stereocenters. The number of rotatable bonds is 6. The van der Waals surface area contributed by atoms with Crippen molar-refractivity contribution in [1.29, 1.82) is 0 Å². The summed E-state index contributed by atoms with van der Waals surface area (Å²) in [5.41, 5.74) is 2.61. The molecule has 0 bridgehead atoms. The number of halogens is 2. The van der Waals surface area contributed by atoms with Crippen LogP contribution < -0.4 is 5.32 Å². The van der Waals surface area contributed by atoms with E-state index in [1.165, 1.54) is 7.11 Å². The van der Waals surface area contributed by atoms with Crippen LogP contribution in [0.25, 0.3) is 11.0 Å². The lowest BCUT2D eigenvalue weighted by molar-refractivity contribution is -0.125. The first kappa shape index (κ1) is 18.7. The summed E-state index contributed by atoms with van der Waals surface area (Å²) in [6.45, 7) is 2.35. The zero-order valence-corrected chi connectivity index (χ0v) is 16.0. The number of hydrogen-bond donors (Lipinski definition) is 1. The zero-order valence-electron chi connectivity index (χ0n) is 14.5. The number of aromatic nitrogens is 2. The van der Waals surface area contributed by atoms with Gasteiger partial charge < -0.3 is 14.6 Å². The third-order valence-electron chi connectivity index (χ3n) is 4.10. The first-order valence-electron chi connectivity index (χ1n) is 8.17. The molecule has 1 amide bonds. The number of hydrogen-bond acceptors (Lipinski definition) is 3. The predicted octanol–water partition coefficient (Wildman–Crippen LogP) is 4.22. The maximum Gasteiger partial charge on any atom is 0.246 e. The molecular formula is C19H19Cl2N3O2. The van der Waals surface area contributed by atoms with E-state index in [4.69, 9.17) is 32.9 Å². The van der Waals surface area contributed by atoms with Crippen molar-refractivity contribution in [2.75, 3.05) is 13.7 Å². The van der Waals surface area contributed by atoms with Gasteiger partial charge in [0.05, 0.1) is 23.6 Å². The second-order valence-corrected chi connectivity index (χ2v) is 6.78. The minimum atomic E-state index is -0.300. The second-order valence-electron chi connectivity index (χ2n) is 5.97. The molecule has 0 fully saturated rings. The van der Waals surface area contributed by atoms with Gasteiger partial charge in [0.25, 0.3) is 0 Å². The van der Waals surface area contributed by atoms with Gasteiger partial charge in [0.15, 0.2) is 0 Å². The summed E-state index contributed by atoms with van der Waals surface area (Å²) in [7, 11) is 1.49. The summed E-state index contributed by atoms with van der Waals surface area (Å²) in [5, 5.41) is 4.09. The van der Waals surface area contributed by atoms with Crippen molar-refractivity contribution in [2.24, 2.45) is 0 Å². The summed E-state index contributed by atoms with van der Waals surface area (Å²) in [6, 6.07) is 12.9. The highest BCUT2D eigenvalue weighted by atomic mass is 35.5. The molecule has 0 aliphatic rings. The van der Waals surface area contributed by atoms with Crippen LogP contribution >= 0.6 is 23.2 Å². The highest BCUT2D eigenvalue weighted by Crippen LogP contribution is 2.28. The molecule has 0 saturated carbocycles. The van der Waals surface area contributed by atoms with Crippen LogP contribution in [0.15, 0.2) is 42.5 Å². The van der Waals surface area contributed by atoms with Gasteiger partial charge in [-0.05, 0) is 31.2 Å². The molecule has 1 unspecified atom stereocenters. The Morgan fingerprint density at radius 1 is 1.19 bits per heavy atom. The van der Waals surface area contributed by atoms with E-state index in [0.29, 0.717) is 16.6 Å². The van der Waals surface area contributed by atoms with Gasteiger partial charge in [-0.3, -0.25) is 4.79 Å². The molecule has 26 heavy (non-hydrogen) atoms. The molecular weight excluding hydrogens is 373 g/mol. The van der Waals surface area contributed by atoms with Crippen molar-refractivity contribution < 1.29 is 9.53 Å². The number of fused-ring (bicyclic) bond motifs is 1. The average molecular weight is 392 g/mol. The second kappa shape index (κ2) is 8.08. The van der Waals surface area contributed by atoms with Gasteiger partial charge in [-0.25, -0.2) is 4.98 Å². The van der Waals surface area contributed by atoms with E-state index in [2.05, 4.69) is 5.32 Å². The molecule has 2 aromatic carbocycles. The molecule has 0 radical (unpaired) electrons. The fourth-order valence-electron chi connectivity index (χ4n) is 2.91. The van der Waals surface area contributed by atoms with Crippen LogP contribution in [0.4, 0.5) is 0 Å². The highest BCUT2D eigenvalue weighted by Gasteiger charge is 2.19. The normalized spacial score (nSPS) is 12.3. The fraction of sp³-hybridized carbons (Fsp3) is 0.263. The molecule has 1 N–H and O–H groups in total. The Balaban J connectivity index is 2.04. The molecule has 1 heterocycles. The number of amides is 1. The van der Waals surface area contributed by atoms with Crippen molar-refractivity contribution in [3.05, 3.63) is 63.9 Å². The number of methoxy groups -OCH3 is 1. The van der Waals surface area contributed by atoms with Crippen LogP contribution in [0.1, 0.15) is 24.4 Å². The van der Waals surface area contributed by atoms with E-state index in [1.54, 1.807) is 0 Å². The highest BCUT2D eigenvalue weighted by molar-refractivity contribution is 6.36. The summed E-state index contributed by atoms with van der Waals surface area (Å²) >= 11 is 12.7. The third kappa shape index (κ3) is 3.85. The maximum absolute atomic E-state index is 11.9. The van der Waals surface area contributed by atoms with Crippen molar-refractivity contribution in [2.45, 2.75) is 19.5 Å². The number of carbonyl (C=O) groups is 1. The van der Waals surface area contributed by atoms with Crippen LogP contribution in [0.2, 0.25) is 10.0 Å². The van der Waals surface area contributed by atoms with Gasteiger partial charge in [-0.15, -0.1) is 0 Å². The molecule has 5 nitrogen and oxygen atoms in total. The molecule has 0 aliphatic heterocycles. The van der Waals surface area contributed by atoms with Crippen LogP contribution in [0.5, 0.6) is 0 Å². The standard InChI is InChI=1S/C19H19Cl2N3O2/c1-12(22-18(25)11-26-2)19-23-16-8-3-4-9-17(16)24(19)10-13-14(20)6-5-7-15(13)21/h3-9,12H,10-11H2,1-2H3,(H,22,25). The van der Waals surface area contributed by atoms with Crippen LogP contribution in [0.3, 0.4) is 0 Å². The van der Waals surface area contributed by atoms with E-state index in [0.717, 1.165) is 22.4 Å². The molecule has 3 aromatic rings. The lowest BCUT2D eigenvalue weighted by atomic mass is 10.2. The van der Waals surface area contributed by atoms with Gasteiger partial charge >= 0.3 is 0 Å². The summed E-state index contributed by atoms with van der Waals surface area (Å²) < 4.78 is 6.91. The predicted molar refractivity (Wildman–Crippen MR) is 104 cm³/mol. The lowest BCUT2D eigenvalue weighted by Crippen LogP contribution is -2.31. The van der Waals surface area contributed by atoms with Crippen LogP contribution in [-0.4, -0.2) is 29.2 Å². The lowest BCUT2D eigenvalue weighted by Gasteiger charge is -2.17. The fourth-order valence-corrected chi connectivity index (χ4v) is 3.43. The van der Waals surface area contributed by atoms with Crippen molar-refractivity contribution in [3.8, 4) is 0 Å². The van der Waals surface area contributed by atoms with Gasteiger partial charge in [0.2, 0.25) is 5.91 Å². The Bertz CT molecular complexity index is 919. The SMILES string of the molecule is COCC(=O)NC(C)c1nc2ccccc2n1Cc1c(Cl)cccc1Cl. The molecule has 1 aromatic heterocycles. The van der Waals surface area contributed by atoms with E-state index in [1.807, 2.05) is 54.0 Å². The minimum Gasteiger partial charge on any atom is -0.375 e. The molecule has 7 heteroatoms. The van der Waals surface area contributed by atoms with Gasteiger partial charge in [0, 0.05) is 22.7 Å². The first-order valence-corrected chi connectivity index (χ1v) is 8.93. The Kier molecular flexibility index (Phi) is 5.81. The summed E-state index contributed by atoms with van der Waals surface area (Å²) in [6.07, 6.45) is 0. The Labute approximate surface area is 161 Å². The number of imidazole rings is 1. The topological polar surface area (TPSA) is 56.1 Å². The molecule has 0 spiro atoms. The molecule has 3 rings (SSSR count). The van der Waals surface area contributed by atoms with Gasteiger partial charge in [-0.1, -0.05) is 41.4 Å².